The van der Waals surface area contributed by atoms with Crippen molar-refractivity contribution >= 4 is 18.0 Å². The van der Waals surface area contributed by atoms with E-state index in [1.165, 1.54) is 6.21 Å². The fourth-order valence-corrected chi connectivity index (χ4v) is 2.22. The number of para-hydroxylation sites is 1. The van der Waals surface area contributed by atoms with Gasteiger partial charge in [0.25, 0.3) is 0 Å². The van der Waals surface area contributed by atoms with Crippen LogP contribution in [-0.4, -0.2) is 43.1 Å². The smallest absolute Gasteiger partial charge is 0.329 e. The van der Waals surface area contributed by atoms with E-state index in [2.05, 4.69) is 10.5 Å². The van der Waals surface area contributed by atoms with Crippen LogP contribution >= 0.6 is 0 Å². The number of hydrogen-bond acceptors (Lipinski definition) is 4. The van der Waals surface area contributed by atoms with Crippen LogP contribution in [-0.2, 0) is 9.59 Å². The van der Waals surface area contributed by atoms with Crippen molar-refractivity contribution in [2.75, 3.05) is 20.2 Å². The summed E-state index contributed by atoms with van der Waals surface area (Å²) in [6.45, 7) is 1.28. The van der Waals surface area contributed by atoms with Crippen molar-refractivity contribution in [2.45, 2.75) is 19.3 Å². The highest BCUT2D eigenvalue weighted by atomic mass is 16.5. The van der Waals surface area contributed by atoms with Crippen LogP contribution in [0.25, 0.3) is 0 Å². The molecule has 1 saturated heterocycles. The van der Waals surface area contributed by atoms with Gasteiger partial charge in [-0.05, 0) is 31.4 Å². The van der Waals surface area contributed by atoms with Gasteiger partial charge in [-0.2, -0.15) is 5.10 Å². The number of piperidine rings is 1. The van der Waals surface area contributed by atoms with Crippen LogP contribution < -0.4 is 10.2 Å². The standard InChI is InChI=1S/C15H19N3O3/c1-21-13-8-4-3-7-12(13)11-16-17-14(19)15(20)18-9-5-2-6-10-18/h3-4,7-8,11H,2,5-6,9-10H2,1H3,(H,17,19)/b16-11-. The second-order valence-electron chi connectivity index (χ2n) is 4.79. The summed E-state index contributed by atoms with van der Waals surface area (Å²) in [4.78, 5) is 25.2. The third-order valence-corrected chi connectivity index (χ3v) is 3.35. The average molecular weight is 289 g/mol. The summed E-state index contributed by atoms with van der Waals surface area (Å²) in [5, 5.41) is 3.81. The molecule has 1 aliphatic heterocycles. The van der Waals surface area contributed by atoms with Gasteiger partial charge in [0.1, 0.15) is 5.75 Å². The Morgan fingerprint density at radius 2 is 1.95 bits per heavy atom. The van der Waals surface area contributed by atoms with E-state index >= 15 is 0 Å². The molecule has 1 heterocycles. The van der Waals surface area contributed by atoms with Gasteiger partial charge in [0, 0.05) is 18.7 Å². The molecule has 0 radical (unpaired) electrons. The molecule has 112 valence electrons. The van der Waals surface area contributed by atoms with E-state index in [4.69, 9.17) is 4.74 Å². The summed E-state index contributed by atoms with van der Waals surface area (Å²) >= 11 is 0. The van der Waals surface area contributed by atoms with Crippen molar-refractivity contribution in [3.05, 3.63) is 29.8 Å². The fourth-order valence-electron chi connectivity index (χ4n) is 2.22. The molecular weight excluding hydrogens is 270 g/mol. The first kappa shape index (κ1) is 15.0. The molecule has 6 heteroatoms. The maximum Gasteiger partial charge on any atom is 0.329 e. The minimum absolute atomic E-state index is 0.521. The molecule has 6 nitrogen and oxygen atoms in total. The van der Waals surface area contributed by atoms with Gasteiger partial charge in [-0.15, -0.1) is 0 Å². The second kappa shape index (κ2) is 7.42. The summed E-state index contributed by atoms with van der Waals surface area (Å²) in [6.07, 6.45) is 4.46. The SMILES string of the molecule is COc1ccccc1/C=N\NC(=O)C(=O)N1CCCCC1. The predicted molar refractivity (Wildman–Crippen MR) is 79.2 cm³/mol. The molecule has 1 aromatic carbocycles. The molecule has 0 spiro atoms. The lowest BCUT2D eigenvalue weighted by Gasteiger charge is -2.25. The minimum Gasteiger partial charge on any atom is -0.496 e. The third kappa shape index (κ3) is 4.05. The molecule has 0 aliphatic carbocycles. The molecule has 2 rings (SSSR count). The quantitative estimate of drug-likeness (QED) is 0.515. The molecule has 2 amide bonds. The Labute approximate surface area is 123 Å². The summed E-state index contributed by atoms with van der Waals surface area (Å²) in [7, 11) is 1.56. The monoisotopic (exact) mass is 289 g/mol. The van der Waals surface area contributed by atoms with Gasteiger partial charge in [0.2, 0.25) is 0 Å². The van der Waals surface area contributed by atoms with Crippen LogP contribution in [0.3, 0.4) is 0 Å². The van der Waals surface area contributed by atoms with Crippen molar-refractivity contribution in [1.82, 2.24) is 10.3 Å². The van der Waals surface area contributed by atoms with Gasteiger partial charge in [-0.3, -0.25) is 9.59 Å². The molecule has 1 N–H and O–H groups in total. The van der Waals surface area contributed by atoms with Crippen LogP contribution in [0.1, 0.15) is 24.8 Å². The second-order valence-corrected chi connectivity index (χ2v) is 4.79. The minimum atomic E-state index is -0.706. The van der Waals surface area contributed by atoms with E-state index in [1.54, 1.807) is 24.1 Å². The van der Waals surface area contributed by atoms with Crippen molar-refractivity contribution in [3.63, 3.8) is 0 Å². The largest absolute Gasteiger partial charge is 0.496 e. The molecule has 0 unspecified atom stereocenters. The molecular formula is C15H19N3O3. The van der Waals surface area contributed by atoms with Gasteiger partial charge in [0.15, 0.2) is 0 Å². The highest BCUT2D eigenvalue weighted by Gasteiger charge is 2.22. The zero-order chi connectivity index (χ0) is 15.1. The molecule has 1 aromatic rings. The highest BCUT2D eigenvalue weighted by Crippen LogP contribution is 2.14. The Morgan fingerprint density at radius 1 is 1.24 bits per heavy atom. The third-order valence-electron chi connectivity index (χ3n) is 3.35. The number of hydrogen-bond donors (Lipinski definition) is 1. The van der Waals surface area contributed by atoms with Crippen LogP contribution in [0.4, 0.5) is 0 Å². The Kier molecular flexibility index (Phi) is 5.31. The molecule has 1 aliphatic rings. The number of methoxy groups -OCH3 is 1. The molecule has 0 bridgehead atoms. The number of likely N-dealkylation sites (tertiary alicyclic amines) is 1. The molecule has 1 fully saturated rings. The Morgan fingerprint density at radius 3 is 2.67 bits per heavy atom. The van der Waals surface area contributed by atoms with Crippen molar-refractivity contribution in [1.29, 1.82) is 0 Å². The zero-order valence-electron chi connectivity index (χ0n) is 12.0. The van der Waals surface area contributed by atoms with Crippen LogP contribution in [0.2, 0.25) is 0 Å². The maximum atomic E-state index is 11.9. The lowest BCUT2D eigenvalue weighted by atomic mass is 10.1. The first-order valence-electron chi connectivity index (χ1n) is 6.97. The van der Waals surface area contributed by atoms with Crippen molar-refractivity contribution in [2.24, 2.45) is 5.10 Å². The summed E-state index contributed by atoms with van der Waals surface area (Å²) in [5.41, 5.74) is 2.99. The number of hydrazone groups is 1. The number of benzene rings is 1. The first-order valence-corrected chi connectivity index (χ1v) is 6.97. The van der Waals surface area contributed by atoms with Crippen molar-refractivity contribution < 1.29 is 14.3 Å². The lowest BCUT2D eigenvalue weighted by molar-refractivity contribution is -0.146. The maximum absolute atomic E-state index is 11.9. The Bertz CT molecular complexity index is 537. The topological polar surface area (TPSA) is 71.0 Å². The van der Waals surface area contributed by atoms with E-state index in [9.17, 15) is 9.59 Å². The van der Waals surface area contributed by atoms with Gasteiger partial charge in [0.05, 0.1) is 13.3 Å². The molecule has 21 heavy (non-hydrogen) atoms. The predicted octanol–water partition coefficient (Wildman–Crippen LogP) is 1.16. The zero-order valence-corrected chi connectivity index (χ0v) is 12.0. The molecule has 0 aromatic heterocycles. The summed E-state index contributed by atoms with van der Waals surface area (Å²) in [5.74, 6) is -0.576. The normalized spacial score (nSPS) is 15.0. The number of amides is 2. The average Bonchev–Trinajstić information content (AvgIpc) is 2.55. The molecule has 0 saturated carbocycles. The van der Waals surface area contributed by atoms with Crippen LogP contribution in [0.15, 0.2) is 29.4 Å². The van der Waals surface area contributed by atoms with Gasteiger partial charge >= 0.3 is 11.8 Å². The number of carbonyl (C=O) groups excluding carboxylic acids is 2. The fraction of sp³-hybridized carbons (Fsp3) is 0.400. The number of carbonyl (C=O) groups is 2. The van der Waals surface area contributed by atoms with E-state index < -0.39 is 11.8 Å². The van der Waals surface area contributed by atoms with E-state index in [1.807, 2.05) is 12.1 Å². The summed E-state index contributed by atoms with van der Waals surface area (Å²) in [6, 6.07) is 7.28. The van der Waals surface area contributed by atoms with Crippen molar-refractivity contribution in [3.8, 4) is 5.75 Å². The highest BCUT2D eigenvalue weighted by molar-refractivity contribution is 6.35. The van der Waals surface area contributed by atoms with Gasteiger partial charge in [-0.25, -0.2) is 5.43 Å². The van der Waals surface area contributed by atoms with Crippen LogP contribution in [0, 0.1) is 0 Å². The van der Waals surface area contributed by atoms with Gasteiger partial charge < -0.3 is 9.64 Å². The van der Waals surface area contributed by atoms with Crippen LogP contribution in [0.5, 0.6) is 5.75 Å². The number of ether oxygens (including phenoxy) is 1. The van der Waals surface area contributed by atoms with E-state index in [0.717, 1.165) is 24.8 Å². The Hall–Kier alpha value is -2.37. The van der Waals surface area contributed by atoms with Gasteiger partial charge in [-0.1, -0.05) is 12.1 Å². The van der Waals surface area contributed by atoms with E-state index in [-0.39, 0.29) is 0 Å². The summed E-state index contributed by atoms with van der Waals surface area (Å²) < 4.78 is 5.17. The molecule has 0 atom stereocenters. The first-order chi connectivity index (χ1) is 10.2. The Balaban J connectivity index is 1.91. The lowest BCUT2D eigenvalue weighted by Crippen LogP contribution is -2.43. The number of nitrogens with zero attached hydrogens (tertiary/aromatic N) is 2. The van der Waals surface area contributed by atoms with E-state index in [0.29, 0.717) is 18.8 Å². The number of rotatable bonds is 3. The number of nitrogens with one attached hydrogen (secondary N) is 1.